The molecule has 1 rings (SSSR count). The Balaban J connectivity index is 2.44. The van der Waals surface area contributed by atoms with Crippen LogP contribution in [0.1, 0.15) is 40.0 Å². The Labute approximate surface area is 92.1 Å². The highest BCUT2D eigenvalue weighted by Crippen LogP contribution is 2.18. The van der Waals surface area contributed by atoms with E-state index in [1.165, 1.54) is 0 Å². The highest BCUT2D eigenvalue weighted by Gasteiger charge is 2.28. The molecule has 0 bridgehead atoms. The van der Waals surface area contributed by atoms with Crippen LogP contribution < -0.4 is 11.1 Å². The summed E-state index contributed by atoms with van der Waals surface area (Å²) in [6, 6.07) is -0.153. The summed E-state index contributed by atoms with van der Waals surface area (Å²) in [6.45, 7) is 5.95. The normalized spacial score (nSPS) is 23.6. The van der Waals surface area contributed by atoms with Crippen molar-refractivity contribution in [2.24, 2.45) is 11.1 Å². The number of nitrogens with two attached hydrogens (primary N) is 1. The molecular weight excluding hydrogens is 188 g/mol. The molecule has 0 saturated carbocycles. The molecule has 3 nitrogen and oxygen atoms in total. The Hall–Kier alpha value is -0.830. The average Bonchev–Trinajstić information content (AvgIpc) is 2.16. The van der Waals surface area contributed by atoms with E-state index in [1.54, 1.807) is 0 Å². The van der Waals surface area contributed by atoms with E-state index in [-0.39, 0.29) is 17.4 Å². The quantitative estimate of drug-likeness (QED) is 0.680. The Morgan fingerprint density at radius 2 is 2.13 bits per heavy atom. The molecule has 15 heavy (non-hydrogen) atoms. The molecule has 0 aromatic carbocycles. The first kappa shape index (κ1) is 12.2. The predicted molar refractivity (Wildman–Crippen MR) is 62.4 cm³/mol. The lowest BCUT2D eigenvalue weighted by Gasteiger charge is -2.28. The fourth-order valence-corrected chi connectivity index (χ4v) is 1.61. The molecule has 0 aliphatic heterocycles. The van der Waals surface area contributed by atoms with Gasteiger partial charge in [0, 0.05) is 6.04 Å². The number of nitrogens with one attached hydrogen (secondary N) is 1. The van der Waals surface area contributed by atoms with Gasteiger partial charge in [-0.3, -0.25) is 4.79 Å². The lowest BCUT2D eigenvalue weighted by atomic mass is 9.86. The molecule has 0 heterocycles. The van der Waals surface area contributed by atoms with Gasteiger partial charge in [-0.25, -0.2) is 0 Å². The molecule has 86 valence electrons. The molecule has 2 atom stereocenters. The van der Waals surface area contributed by atoms with E-state index >= 15 is 0 Å². The van der Waals surface area contributed by atoms with Gasteiger partial charge in [0.15, 0.2) is 0 Å². The molecule has 0 radical (unpaired) electrons. The lowest BCUT2D eigenvalue weighted by molar-refractivity contribution is -0.125. The van der Waals surface area contributed by atoms with Gasteiger partial charge in [0.1, 0.15) is 0 Å². The zero-order valence-corrected chi connectivity index (χ0v) is 9.92. The molecular formula is C12H22N2O. The molecule has 0 saturated heterocycles. The topological polar surface area (TPSA) is 55.1 Å². The number of hydrogen-bond donors (Lipinski definition) is 2. The third kappa shape index (κ3) is 3.67. The van der Waals surface area contributed by atoms with Crippen molar-refractivity contribution >= 4 is 5.91 Å². The van der Waals surface area contributed by atoms with Crippen LogP contribution in [0.25, 0.3) is 0 Å². The van der Waals surface area contributed by atoms with E-state index in [1.807, 2.05) is 20.8 Å². The molecule has 3 heteroatoms. The summed E-state index contributed by atoms with van der Waals surface area (Å²) in [5, 5.41) is 3.01. The van der Waals surface area contributed by atoms with Crippen LogP contribution in [0.5, 0.6) is 0 Å². The molecule has 0 aromatic heterocycles. The van der Waals surface area contributed by atoms with Gasteiger partial charge < -0.3 is 11.1 Å². The number of carbonyl (C=O) groups excluding carboxylic acids is 1. The maximum absolute atomic E-state index is 11.8. The van der Waals surface area contributed by atoms with Crippen LogP contribution >= 0.6 is 0 Å². The third-order valence-corrected chi connectivity index (χ3v) is 2.83. The van der Waals surface area contributed by atoms with Crippen LogP contribution in [0.15, 0.2) is 12.2 Å². The Morgan fingerprint density at radius 1 is 1.47 bits per heavy atom. The van der Waals surface area contributed by atoms with Crippen LogP contribution in [-0.4, -0.2) is 18.0 Å². The second-order valence-electron chi connectivity index (χ2n) is 5.33. The van der Waals surface area contributed by atoms with Gasteiger partial charge in [-0.1, -0.05) is 32.9 Å². The third-order valence-electron chi connectivity index (χ3n) is 2.83. The molecule has 1 aliphatic rings. The minimum Gasteiger partial charge on any atom is -0.352 e. The van der Waals surface area contributed by atoms with Crippen molar-refractivity contribution in [3.63, 3.8) is 0 Å². The summed E-state index contributed by atoms with van der Waals surface area (Å²) in [5.74, 6) is -0.0252. The zero-order valence-electron chi connectivity index (χ0n) is 9.92. The summed E-state index contributed by atoms with van der Waals surface area (Å²) in [7, 11) is 0. The van der Waals surface area contributed by atoms with Crippen molar-refractivity contribution in [1.29, 1.82) is 0 Å². The number of rotatable bonds is 2. The Bertz CT molecular complexity index is 253. The van der Waals surface area contributed by atoms with E-state index in [0.717, 1.165) is 19.3 Å². The summed E-state index contributed by atoms with van der Waals surface area (Å²) < 4.78 is 0. The molecule has 1 unspecified atom stereocenters. The van der Waals surface area contributed by atoms with Crippen LogP contribution in [0.4, 0.5) is 0 Å². The lowest BCUT2D eigenvalue weighted by Crippen LogP contribution is -2.51. The van der Waals surface area contributed by atoms with Gasteiger partial charge in [-0.05, 0) is 24.7 Å². The number of carbonyl (C=O) groups is 1. The standard InChI is InChI=1S/C12H22N2O/c1-12(2,3)10(13)11(15)14-9-7-5-4-6-8-9/h4-5,9-10H,6-8,13H2,1-3H3,(H,14,15)/t9?,10-/m0/s1. The average molecular weight is 210 g/mol. The van der Waals surface area contributed by atoms with Gasteiger partial charge in [-0.15, -0.1) is 0 Å². The van der Waals surface area contributed by atoms with Crippen LogP contribution in [0, 0.1) is 5.41 Å². The van der Waals surface area contributed by atoms with Gasteiger partial charge in [-0.2, -0.15) is 0 Å². The summed E-state index contributed by atoms with van der Waals surface area (Å²) in [5.41, 5.74) is 5.71. The van der Waals surface area contributed by atoms with Gasteiger partial charge in [0.25, 0.3) is 0 Å². The van der Waals surface area contributed by atoms with E-state index in [2.05, 4.69) is 17.5 Å². The van der Waals surface area contributed by atoms with E-state index in [9.17, 15) is 4.79 Å². The van der Waals surface area contributed by atoms with Crippen LogP contribution in [-0.2, 0) is 4.79 Å². The first-order valence-corrected chi connectivity index (χ1v) is 5.62. The molecule has 0 spiro atoms. The second kappa shape index (κ2) is 4.79. The van der Waals surface area contributed by atoms with Gasteiger partial charge in [0.05, 0.1) is 6.04 Å². The number of allylic oxidation sites excluding steroid dienone is 1. The van der Waals surface area contributed by atoms with Crippen molar-refractivity contribution in [1.82, 2.24) is 5.32 Å². The fourth-order valence-electron chi connectivity index (χ4n) is 1.61. The SMILES string of the molecule is CC(C)(C)[C@@H](N)C(=O)NC1CC=CCC1. The summed E-state index contributed by atoms with van der Waals surface area (Å²) in [6.07, 6.45) is 7.29. The molecule has 1 aliphatic carbocycles. The van der Waals surface area contributed by atoms with E-state index in [4.69, 9.17) is 5.73 Å². The van der Waals surface area contributed by atoms with Crippen molar-refractivity contribution < 1.29 is 4.79 Å². The molecule has 1 amide bonds. The fraction of sp³-hybridized carbons (Fsp3) is 0.750. The van der Waals surface area contributed by atoms with E-state index in [0.29, 0.717) is 0 Å². The summed E-state index contributed by atoms with van der Waals surface area (Å²) in [4.78, 5) is 11.8. The monoisotopic (exact) mass is 210 g/mol. The first-order chi connectivity index (χ1) is 6.91. The maximum Gasteiger partial charge on any atom is 0.237 e. The smallest absolute Gasteiger partial charge is 0.237 e. The Morgan fingerprint density at radius 3 is 2.60 bits per heavy atom. The van der Waals surface area contributed by atoms with Crippen molar-refractivity contribution in [3.05, 3.63) is 12.2 Å². The van der Waals surface area contributed by atoms with Crippen LogP contribution in [0.2, 0.25) is 0 Å². The minimum absolute atomic E-state index is 0.0252. The molecule has 3 N–H and O–H groups in total. The number of amides is 1. The van der Waals surface area contributed by atoms with Gasteiger partial charge >= 0.3 is 0 Å². The van der Waals surface area contributed by atoms with Gasteiger partial charge in [0.2, 0.25) is 5.91 Å². The predicted octanol–water partition coefficient (Wildman–Crippen LogP) is 1.58. The minimum atomic E-state index is -0.427. The maximum atomic E-state index is 11.8. The van der Waals surface area contributed by atoms with Crippen molar-refractivity contribution in [2.75, 3.05) is 0 Å². The highest BCUT2D eigenvalue weighted by atomic mass is 16.2. The Kier molecular flexibility index (Phi) is 3.91. The van der Waals surface area contributed by atoms with Crippen molar-refractivity contribution in [2.45, 2.75) is 52.1 Å². The van der Waals surface area contributed by atoms with E-state index < -0.39 is 6.04 Å². The zero-order chi connectivity index (χ0) is 11.5. The summed E-state index contributed by atoms with van der Waals surface area (Å²) >= 11 is 0. The second-order valence-corrected chi connectivity index (χ2v) is 5.33. The van der Waals surface area contributed by atoms with Crippen molar-refractivity contribution in [3.8, 4) is 0 Å². The number of hydrogen-bond acceptors (Lipinski definition) is 2. The largest absolute Gasteiger partial charge is 0.352 e. The van der Waals surface area contributed by atoms with Crippen LogP contribution in [0.3, 0.4) is 0 Å². The first-order valence-electron chi connectivity index (χ1n) is 5.62. The highest BCUT2D eigenvalue weighted by molar-refractivity contribution is 5.82. The molecule has 0 fully saturated rings. The molecule has 0 aromatic rings.